The van der Waals surface area contributed by atoms with E-state index in [1.54, 1.807) is 19.1 Å². The van der Waals surface area contributed by atoms with Crippen LogP contribution < -0.4 is 5.32 Å². The van der Waals surface area contributed by atoms with Crippen molar-refractivity contribution in [1.82, 2.24) is 20.2 Å². The number of alkyl halides is 3. The summed E-state index contributed by atoms with van der Waals surface area (Å²) in [5.41, 5.74) is -0.818. The Morgan fingerprint density at radius 3 is 2.76 bits per heavy atom. The number of rotatable bonds is 4. The second-order valence-electron chi connectivity index (χ2n) is 5.18. The largest absolute Gasteiger partial charge is 0.458 e. The predicted octanol–water partition coefficient (Wildman–Crippen LogP) is 2.90. The van der Waals surface area contributed by atoms with E-state index >= 15 is 0 Å². The minimum Gasteiger partial charge on any atom is -0.458 e. The molecule has 7 nitrogen and oxygen atoms in total. The lowest BCUT2D eigenvalue weighted by atomic mass is 10.2. The molecule has 25 heavy (non-hydrogen) atoms. The molecule has 0 saturated carbocycles. The molecule has 3 rings (SSSR count). The summed E-state index contributed by atoms with van der Waals surface area (Å²) < 4.78 is 43.3. The van der Waals surface area contributed by atoms with Gasteiger partial charge in [-0.15, -0.1) is 10.2 Å². The molecule has 0 aliphatic rings. The predicted molar refractivity (Wildman–Crippen MR) is 80.3 cm³/mol. The van der Waals surface area contributed by atoms with Crippen LogP contribution in [0.5, 0.6) is 0 Å². The number of carbonyl (C=O) groups is 1. The standard InChI is InChI=1S/C15H12F3N5O2/c1-9-5-6-12(25-9)14-20-22-23(21-14)8-13(24)19-11-4-2-3-10(7-11)15(16,17)18/h2-7H,8H2,1H3,(H,19,24). The second kappa shape index (κ2) is 6.38. The monoisotopic (exact) mass is 351 g/mol. The van der Waals surface area contributed by atoms with Gasteiger partial charge < -0.3 is 9.73 Å². The van der Waals surface area contributed by atoms with Gasteiger partial charge in [-0.25, -0.2) is 0 Å². The van der Waals surface area contributed by atoms with E-state index in [4.69, 9.17) is 4.42 Å². The molecular formula is C15H12F3N5O2. The van der Waals surface area contributed by atoms with Crippen LogP contribution in [0.2, 0.25) is 0 Å². The topological polar surface area (TPSA) is 85.8 Å². The van der Waals surface area contributed by atoms with Gasteiger partial charge in [0.25, 0.3) is 0 Å². The lowest BCUT2D eigenvalue weighted by molar-refractivity contribution is -0.137. The maximum Gasteiger partial charge on any atom is 0.416 e. The van der Waals surface area contributed by atoms with Crippen LogP contribution >= 0.6 is 0 Å². The van der Waals surface area contributed by atoms with Crippen LogP contribution in [0.3, 0.4) is 0 Å². The minimum atomic E-state index is -4.48. The zero-order chi connectivity index (χ0) is 18.0. The fourth-order valence-corrected chi connectivity index (χ4v) is 2.07. The quantitative estimate of drug-likeness (QED) is 0.781. The number of hydrogen-bond donors (Lipinski definition) is 1. The number of anilines is 1. The minimum absolute atomic E-state index is 0.0295. The van der Waals surface area contributed by atoms with Crippen molar-refractivity contribution in [3.8, 4) is 11.6 Å². The highest BCUT2D eigenvalue weighted by atomic mass is 19.4. The molecule has 0 aliphatic carbocycles. The number of hydrogen-bond acceptors (Lipinski definition) is 5. The number of benzene rings is 1. The Morgan fingerprint density at radius 2 is 2.08 bits per heavy atom. The number of aromatic nitrogens is 4. The smallest absolute Gasteiger partial charge is 0.416 e. The molecule has 3 aromatic rings. The third-order valence-corrected chi connectivity index (χ3v) is 3.17. The Bertz CT molecular complexity index is 900. The van der Waals surface area contributed by atoms with E-state index in [2.05, 4.69) is 20.7 Å². The summed E-state index contributed by atoms with van der Waals surface area (Å²) >= 11 is 0. The first kappa shape index (κ1) is 16.7. The molecule has 0 spiro atoms. The van der Waals surface area contributed by atoms with Gasteiger partial charge in [-0.3, -0.25) is 4.79 Å². The maximum atomic E-state index is 12.7. The highest BCUT2D eigenvalue weighted by molar-refractivity contribution is 5.90. The summed E-state index contributed by atoms with van der Waals surface area (Å²) in [6.45, 7) is 1.46. The van der Waals surface area contributed by atoms with Gasteiger partial charge in [0.05, 0.1) is 5.56 Å². The summed E-state index contributed by atoms with van der Waals surface area (Å²) in [6.07, 6.45) is -4.48. The van der Waals surface area contributed by atoms with Crippen LogP contribution in [0.1, 0.15) is 11.3 Å². The number of aryl methyl sites for hydroxylation is 1. The lowest BCUT2D eigenvalue weighted by Gasteiger charge is -2.09. The fraction of sp³-hybridized carbons (Fsp3) is 0.200. The molecule has 0 fully saturated rings. The maximum absolute atomic E-state index is 12.7. The summed E-state index contributed by atoms with van der Waals surface area (Å²) in [4.78, 5) is 13.0. The van der Waals surface area contributed by atoms with Gasteiger partial charge in [0.15, 0.2) is 5.76 Å². The van der Waals surface area contributed by atoms with Crippen LogP contribution in [0.4, 0.5) is 18.9 Å². The highest BCUT2D eigenvalue weighted by Crippen LogP contribution is 2.30. The van der Waals surface area contributed by atoms with E-state index in [-0.39, 0.29) is 18.1 Å². The van der Waals surface area contributed by atoms with Crippen molar-refractivity contribution in [2.45, 2.75) is 19.6 Å². The van der Waals surface area contributed by atoms with Crippen molar-refractivity contribution < 1.29 is 22.4 Å². The normalized spacial score (nSPS) is 11.5. The molecular weight excluding hydrogens is 339 g/mol. The Morgan fingerprint density at radius 1 is 1.28 bits per heavy atom. The van der Waals surface area contributed by atoms with Crippen LogP contribution in [-0.2, 0) is 17.5 Å². The number of nitrogens with one attached hydrogen (secondary N) is 1. The first-order valence-electron chi connectivity index (χ1n) is 7.13. The van der Waals surface area contributed by atoms with E-state index in [0.29, 0.717) is 11.5 Å². The van der Waals surface area contributed by atoms with E-state index < -0.39 is 17.6 Å². The average Bonchev–Trinajstić information content (AvgIpc) is 3.15. The van der Waals surface area contributed by atoms with Gasteiger partial charge in [-0.2, -0.15) is 18.0 Å². The van der Waals surface area contributed by atoms with Crippen molar-refractivity contribution in [3.05, 3.63) is 47.7 Å². The summed E-state index contributed by atoms with van der Waals surface area (Å²) in [7, 11) is 0. The van der Waals surface area contributed by atoms with Crippen molar-refractivity contribution in [3.63, 3.8) is 0 Å². The van der Waals surface area contributed by atoms with Gasteiger partial charge in [0.2, 0.25) is 11.7 Å². The van der Waals surface area contributed by atoms with Gasteiger partial charge in [-0.1, -0.05) is 6.07 Å². The van der Waals surface area contributed by atoms with E-state index in [0.717, 1.165) is 16.9 Å². The second-order valence-corrected chi connectivity index (χ2v) is 5.18. The zero-order valence-corrected chi connectivity index (χ0v) is 12.9. The number of tetrazole rings is 1. The third-order valence-electron chi connectivity index (χ3n) is 3.17. The van der Waals surface area contributed by atoms with Gasteiger partial charge in [-0.05, 0) is 42.5 Å². The lowest BCUT2D eigenvalue weighted by Crippen LogP contribution is -2.20. The first-order chi connectivity index (χ1) is 11.8. The molecule has 2 heterocycles. The van der Waals surface area contributed by atoms with E-state index in [1.807, 2.05) is 0 Å². The summed E-state index contributed by atoms with van der Waals surface area (Å²) in [5, 5.41) is 13.8. The zero-order valence-electron chi connectivity index (χ0n) is 12.9. The molecule has 2 aromatic heterocycles. The van der Waals surface area contributed by atoms with Gasteiger partial charge in [0, 0.05) is 5.69 Å². The van der Waals surface area contributed by atoms with Crippen LogP contribution in [-0.4, -0.2) is 26.1 Å². The SMILES string of the molecule is Cc1ccc(-c2nnn(CC(=O)Nc3cccc(C(F)(F)F)c3)n2)o1. The Labute approximate surface area is 139 Å². The van der Waals surface area contributed by atoms with Crippen LogP contribution in [0.15, 0.2) is 40.8 Å². The van der Waals surface area contributed by atoms with Crippen LogP contribution in [0.25, 0.3) is 11.6 Å². The molecule has 1 N–H and O–H groups in total. The van der Waals surface area contributed by atoms with Crippen molar-refractivity contribution in [2.24, 2.45) is 0 Å². The number of amides is 1. The number of nitrogens with zero attached hydrogens (tertiary/aromatic N) is 4. The molecule has 1 aromatic carbocycles. The fourth-order valence-electron chi connectivity index (χ4n) is 2.07. The first-order valence-corrected chi connectivity index (χ1v) is 7.13. The average molecular weight is 351 g/mol. The molecule has 0 atom stereocenters. The van der Waals surface area contributed by atoms with Gasteiger partial charge in [0.1, 0.15) is 12.3 Å². The third kappa shape index (κ3) is 4.03. The number of carbonyl (C=O) groups excluding carboxylic acids is 1. The highest BCUT2D eigenvalue weighted by Gasteiger charge is 2.30. The van der Waals surface area contributed by atoms with Crippen molar-refractivity contribution >= 4 is 11.6 Å². The summed E-state index contributed by atoms with van der Waals surface area (Å²) in [6, 6.07) is 7.74. The van der Waals surface area contributed by atoms with Crippen molar-refractivity contribution in [2.75, 3.05) is 5.32 Å². The molecule has 0 saturated heterocycles. The summed E-state index contributed by atoms with van der Waals surface area (Å²) in [5.74, 6) is 0.703. The molecule has 130 valence electrons. The molecule has 1 amide bonds. The van der Waals surface area contributed by atoms with E-state index in [9.17, 15) is 18.0 Å². The van der Waals surface area contributed by atoms with Gasteiger partial charge >= 0.3 is 6.18 Å². The Kier molecular flexibility index (Phi) is 4.26. The van der Waals surface area contributed by atoms with E-state index in [1.165, 1.54) is 12.1 Å². The Balaban J connectivity index is 1.66. The number of furan rings is 1. The Hall–Kier alpha value is -3.17. The molecule has 0 unspecified atom stereocenters. The number of halogens is 3. The van der Waals surface area contributed by atoms with Crippen LogP contribution in [0, 0.1) is 6.92 Å². The molecule has 0 aliphatic heterocycles. The molecule has 10 heteroatoms. The van der Waals surface area contributed by atoms with Crippen molar-refractivity contribution in [1.29, 1.82) is 0 Å². The molecule has 0 radical (unpaired) electrons. The molecule has 0 bridgehead atoms.